The average Bonchev–Trinajstić information content (AvgIpc) is 3.45. The molecule has 3 aromatic carbocycles. The van der Waals surface area contributed by atoms with Crippen LogP contribution in [-0.4, -0.2) is 27.5 Å². The second-order valence-corrected chi connectivity index (χ2v) is 8.24. The minimum atomic E-state index is -0.436. The molecular formula is C24H20N4O3S. The molecule has 0 bridgehead atoms. The Bertz CT molecular complexity index is 1270. The molecule has 7 nitrogen and oxygen atoms in total. The number of hydrogen-bond acceptors (Lipinski definition) is 6. The Labute approximate surface area is 189 Å². The molecule has 5 rings (SSSR count). The summed E-state index contributed by atoms with van der Waals surface area (Å²) in [5.74, 6) is 2.49. The van der Waals surface area contributed by atoms with E-state index in [2.05, 4.69) is 14.8 Å². The number of primary amides is 1. The van der Waals surface area contributed by atoms with Gasteiger partial charge in [-0.2, -0.15) is 0 Å². The highest BCUT2D eigenvalue weighted by Crippen LogP contribution is 2.34. The summed E-state index contributed by atoms with van der Waals surface area (Å²) in [6, 6.07) is 23.2. The number of hydrogen-bond donors (Lipinski definition) is 1. The summed E-state index contributed by atoms with van der Waals surface area (Å²) in [6.07, 6.45) is 0. The van der Waals surface area contributed by atoms with Gasteiger partial charge in [0.2, 0.25) is 12.7 Å². The number of rotatable bonds is 7. The zero-order chi connectivity index (χ0) is 21.9. The first-order valence-electron chi connectivity index (χ1n) is 10.1. The summed E-state index contributed by atoms with van der Waals surface area (Å²) < 4.78 is 13.1. The number of nitrogens with zero attached hydrogens (tertiary/aromatic N) is 3. The van der Waals surface area contributed by atoms with E-state index in [4.69, 9.17) is 15.2 Å². The first kappa shape index (κ1) is 20.1. The van der Waals surface area contributed by atoms with E-state index in [1.165, 1.54) is 0 Å². The molecule has 0 saturated carbocycles. The van der Waals surface area contributed by atoms with Crippen molar-refractivity contribution in [2.75, 3.05) is 6.79 Å². The third-order valence-corrected chi connectivity index (χ3v) is 6.14. The lowest BCUT2D eigenvalue weighted by Gasteiger charge is -2.11. The van der Waals surface area contributed by atoms with Crippen molar-refractivity contribution in [3.05, 3.63) is 89.5 Å². The molecule has 2 heterocycles. The van der Waals surface area contributed by atoms with Gasteiger partial charge in [-0.15, -0.1) is 10.2 Å². The number of amides is 1. The normalized spacial score (nSPS) is 12.1. The van der Waals surface area contributed by atoms with Crippen molar-refractivity contribution in [2.45, 2.75) is 17.5 Å². The van der Waals surface area contributed by atoms with E-state index in [9.17, 15) is 4.79 Å². The second-order valence-electron chi connectivity index (χ2n) is 7.30. The van der Waals surface area contributed by atoms with Gasteiger partial charge in [0.05, 0.1) is 6.54 Å². The van der Waals surface area contributed by atoms with Gasteiger partial charge in [0, 0.05) is 16.9 Å². The Balaban J connectivity index is 1.45. The third kappa shape index (κ3) is 4.17. The van der Waals surface area contributed by atoms with Crippen molar-refractivity contribution in [1.82, 2.24) is 14.8 Å². The predicted octanol–water partition coefficient (Wildman–Crippen LogP) is 4.11. The summed E-state index contributed by atoms with van der Waals surface area (Å²) in [6.45, 7) is 0.823. The topological polar surface area (TPSA) is 92.3 Å². The number of carbonyl (C=O) groups is 1. The number of carbonyl (C=O) groups excluding carboxylic acids is 1. The third-order valence-electron chi connectivity index (χ3n) is 5.11. The van der Waals surface area contributed by atoms with E-state index in [-0.39, 0.29) is 6.79 Å². The largest absolute Gasteiger partial charge is 0.454 e. The second kappa shape index (κ2) is 8.76. The zero-order valence-corrected chi connectivity index (χ0v) is 17.9. The number of fused-ring (bicyclic) bond motifs is 1. The summed E-state index contributed by atoms with van der Waals surface area (Å²) in [4.78, 5) is 11.5. The Hall–Kier alpha value is -3.78. The lowest BCUT2D eigenvalue weighted by Crippen LogP contribution is -2.10. The highest BCUT2D eigenvalue weighted by atomic mass is 32.2. The van der Waals surface area contributed by atoms with Gasteiger partial charge in [0.15, 0.2) is 22.5 Å². The van der Waals surface area contributed by atoms with E-state index in [1.54, 1.807) is 17.8 Å². The Morgan fingerprint density at radius 1 is 0.938 bits per heavy atom. The molecule has 160 valence electrons. The van der Waals surface area contributed by atoms with Crippen LogP contribution in [0.1, 0.15) is 21.5 Å². The number of nitrogens with two attached hydrogens (primary N) is 1. The lowest BCUT2D eigenvalue weighted by molar-refractivity contribution is 0.1000. The Morgan fingerprint density at radius 3 is 2.62 bits per heavy atom. The van der Waals surface area contributed by atoms with Crippen LogP contribution < -0.4 is 15.2 Å². The summed E-state index contributed by atoms with van der Waals surface area (Å²) >= 11 is 1.56. The predicted molar refractivity (Wildman–Crippen MR) is 122 cm³/mol. The molecule has 2 N–H and O–H groups in total. The standard InChI is InChI=1S/C24H20N4O3S/c25-22(29)19-8-4-5-17(11-19)14-32-24-27-26-23(18-6-2-1-3-7-18)28(24)13-16-9-10-20-21(12-16)31-15-30-20/h1-12H,13-15H2,(H2,25,29). The van der Waals surface area contributed by atoms with Gasteiger partial charge < -0.3 is 15.2 Å². The van der Waals surface area contributed by atoms with Gasteiger partial charge in [-0.25, -0.2) is 0 Å². The van der Waals surface area contributed by atoms with Crippen LogP contribution in [0.5, 0.6) is 11.5 Å². The SMILES string of the molecule is NC(=O)c1cccc(CSc2nnc(-c3ccccc3)n2Cc2ccc3c(c2)OCO3)c1. The minimum Gasteiger partial charge on any atom is -0.454 e. The molecule has 0 spiro atoms. The molecule has 32 heavy (non-hydrogen) atoms. The van der Waals surface area contributed by atoms with Gasteiger partial charge in [-0.3, -0.25) is 9.36 Å². The quantitative estimate of drug-likeness (QED) is 0.431. The molecule has 1 aromatic heterocycles. The van der Waals surface area contributed by atoms with Gasteiger partial charge in [-0.1, -0.05) is 60.3 Å². The molecule has 0 atom stereocenters. The van der Waals surface area contributed by atoms with Gasteiger partial charge in [0.1, 0.15) is 0 Å². The fourth-order valence-corrected chi connectivity index (χ4v) is 4.40. The van der Waals surface area contributed by atoms with E-state index in [1.807, 2.05) is 66.7 Å². The summed E-state index contributed by atoms with van der Waals surface area (Å²) in [5.41, 5.74) is 8.95. The molecule has 1 amide bonds. The molecule has 1 aliphatic rings. The van der Waals surface area contributed by atoms with Crippen molar-refractivity contribution >= 4 is 17.7 Å². The van der Waals surface area contributed by atoms with E-state index < -0.39 is 5.91 Å². The van der Waals surface area contributed by atoms with Crippen LogP contribution in [-0.2, 0) is 12.3 Å². The van der Waals surface area contributed by atoms with Crippen molar-refractivity contribution in [3.63, 3.8) is 0 Å². The maximum atomic E-state index is 11.5. The maximum Gasteiger partial charge on any atom is 0.248 e. The van der Waals surface area contributed by atoms with Crippen molar-refractivity contribution in [3.8, 4) is 22.9 Å². The van der Waals surface area contributed by atoms with Crippen LogP contribution >= 0.6 is 11.8 Å². The van der Waals surface area contributed by atoms with Crippen LogP contribution in [0, 0.1) is 0 Å². The summed E-state index contributed by atoms with van der Waals surface area (Å²) in [5, 5.41) is 9.72. The zero-order valence-electron chi connectivity index (χ0n) is 17.1. The van der Waals surface area contributed by atoms with Crippen LogP contribution in [0.25, 0.3) is 11.4 Å². The van der Waals surface area contributed by atoms with Crippen LogP contribution in [0.4, 0.5) is 0 Å². The van der Waals surface area contributed by atoms with Crippen molar-refractivity contribution in [1.29, 1.82) is 0 Å². The lowest BCUT2D eigenvalue weighted by atomic mass is 10.1. The smallest absolute Gasteiger partial charge is 0.248 e. The molecule has 0 radical (unpaired) electrons. The summed E-state index contributed by atoms with van der Waals surface area (Å²) in [7, 11) is 0. The van der Waals surface area contributed by atoms with Crippen LogP contribution in [0.3, 0.4) is 0 Å². The Morgan fingerprint density at radius 2 is 1.78 bits per heavy atom. The van der Waals surface area contributed by atoms with Crippen molar-refractivity contribution < 1.29 is 14.3 Å². The first-order chi connectivity index (χ1) is 15.7. The number of aromatic nitrogens is 3. The monoisotopic (exact) mass is 444 g/mol. The van der Waals surface area contributed by atoms with E-state index in [0.717, 1.165) is 39.2 Å². The molecule has 8 heteroatoms. The fraction of sp³-hybridized carbons (Fsp3) is 0.125. The molecule has 0 unspecified atom stereocenters. The highest BCUT2D eigenvalue weighted by Gasteiger charge is 2.18. The number of thioether (sulfide) groups is 1. The molecule has 0 aliphatic carbocycles. The van der Waals surface area contributed by atoms with Crippen LogP contribution in [0.2, 0.25) is 0 Å². The average molecular weight is 445 g/mol. The number of ether oxygens (including phenoxy) is 2. The number of benzene rings is 3. The fourth-order valence-electron chi connectivity index (χ4n) is 3.52. The Kier molecular flexibility index (Phi) is 5.51. The maximum absolute atomic E-state index is 11.5. The van der Waals surface area contributed by atoms with Gasteiger partial charge >= 0.3 is 0 Å². The highest BCUT2D eigenvalue weighted by molar-refractivity contribution is 7.98. The van der Waals surface area contributed by atoms with Gasteiger partial charge in [0.25, 0.3) is 0 Å². The molecule has 0 fully saturated rings. The van der Waals surface area contributed by atoms with E-state index >= 15 is 0 Å². The first-order valence-corrected chi connectivity index (χ1v) is 11.0. The molecule has 1 aliphatic heterocycles. The van der Waals surface area contributed by atoms with Gasteiger partial charge in [-0.05, 0) is 35.4 Å². The van der Waals surface area contributed by atoms with Crippen molar-refractivity contribution in [2.24, 2.45) is 5.73 Å². The van der Waals surface area contributed by atoms with E-state index in [0.29, 0.717) is 17.9 Å². The molecule has 0 saturated heterocycles. The van der Waals surface area contributed by atoms with Crippen LogP contribution in [0.15, 0.2) is 78.0 Å². The molecule has 4 aromatic rings. The minimum absolute atomic E-state index is 0.242. The molecular weight excluding hydrogens is 424 g/mol.